The summed E-state index contributed by atoms with van der Waals surface area (Å²) >= 11 is 3.47. The summed E-state index contributed by atoms with van der Waals surface area (Å²) in [7, 11) is 1.59. The molecule has 0 saturated carbocycles. The number of furan rings is 1. The Kier molecular flexibility index (Phi) is 7.47. The molecule has 0 aliphatic carbocycles. The zero-order valence-electron chi connectivity index (χ0n) is 21.4. The second-order valence-electron chi connectivity index (χ2n) is 8.50. The highest BCUT2D eigenvalue weighted by Crippen LogP contribution is 2.33. The fourth-order valence-corrected chi connectivity index (χ4v) is 4.52. The summed E-state index contributed by atoms with van der Waals surface area (Å²) in [5.41, 5.74) is 1.45. The predicted molar refractivity (Wildman–Crippen MR) is 152 cm³/mol. The highest BCUT2D eigenvalue weighted by molar-refractivity contribution is 9.10. The fourth-order valence-electron chi connectivity index (χ4n) is 4.03. The van der Waals surface area contributed by atoms with E-state index in [1.54, 1.807) is 63.4 Å². The molecule has 39 heavy (non-hydrogen) atoms. The summed E-state index contributed by atoms with van der Waals surface area (Å²) in [6, 6.07) is 19.5. The lowest BCUT2D eigenvalue weighted by Crippen LogP contribution is -2.26. The Balaban J connectivity index is 1.55. The van der Waals surface area contributed by atoms with Crippen LogP contribution in [-0.4, -0.2) is 41.7 Å². The van der Waals surface area contributed by atoms with Gasteiger partial charge in [0.05, 0.1) is 40.7 Å². The second-order valence-corrected chi connectivity index (χ2v) is 9.35. The molecule has 0 unspecified atom stereocenters. The molecule has 0 fully saturated rings. The fraction of sp³-hybridized carbons (Fsp3) is 0.172. The van der Waals surface area contributed by atoms with Crippen molar-refractivity contribution in [3.63, 3.8) is 0 Å². The van der Waals surface area contributed by atoms with Crippen LogP contribution < -0.4 is 15.0 Å². The number of benzene rings is 3. The molecule has 1 atom stereocenters. The van der Waals surface area contributed by atoms with Gasteiger partial charge in [0.15, 0.2) is 11.9 Å². The van der Waals surface area contributed by atoms with Gasteiger partial charge in [0.2, 0.25) is 5.82 Å². The lowest BCUT2D eigenvalue weighted by atomic mass is 10.2. The monoisotopic (exact) mass is 589 g/mol. The number of rotatable bonds is 8. The number of carbonyl (C=O) groups is 1. The summed E-state index contributed by atoms with van der Waals surface area (Å²) in [5, 5.41) is 5.66. The quantitative estimate of drug-likeness (QED) is 0.166. The zero-order chi connectivity index (χ0) is 27.5. The molecule has 3 aromatic carbocycles. The molecular weight excluding hydrogens is 566 g/mol. The summed E-state index contributed by atoms with van der Waals surface area (Å²) in [6.45, 7) is 3.63. The molecule has 0 radical (unpaired) electrons. The van der Waals surface area contributed by atoms with Gasteiger partial charge in [-0.2, -0.15) is 9.78 Å². The maximum Gasteiger partial charge on any atom is 0.347 e. The van der Waals surface area contributed by atoms with Gasteiger partial charge in [0.1, 0.15) is 17.1 Å². The van der Waals surface area contributed by atoms with Crippen LogP contribution in [0, 0.1) is 0 Å². The van der Waals surface area contributed by atoms with E-state index in [0.29, 0.717) is 43.8 Å². The van der Waals surface area contributed by atoms with Gasteiger partial charge in [-0.15, -0.1) is 0 Å². The van der Waals surface area contributed by atoms with E-state index in [4.69, 9.17) is 23.6 Å². The van der Waals surface area contributed by atoms with Crippen LogP contribution in [0.3, 0.4) is 0 Å². The Morgan fingerprint density at radius 3 is 2.69 bits per heavy atom. The summed E-state index contributed by atoms with van der Waals surface area (Å²) in [4.78, 5) is 30.1. The minimum absolute atomic E-state index is 0.246. The van der Waals surface area contributed by atoms with Crippen LogP contribution in [0.25, 0.3) is 33.5 Å². The van der Waals surface area contributed by atoms with Gasteiger partial charge in [-0.3, -0.25) is 4.79 Å². The van der Waals surface area contributed by atoms with Crippen LogP contribution in [0.2, 0.25) is 0 Å². The van der Waals surface area contributed by atoms with Gasteiger partial charge in [-0.25, -0.2) is 9.78 Å². The maximum absolute atomic E-state index is 13.5. The number of hydrogen-bond acceptors (Lipinski definition) is 8. The summed E-state index contributed by atoms with van der Waals surface area (Å²) in [5.74, 6) is 1.27. The summed E-state index contributed by atoms with van der Waals surface area (Å²) in [6.07, 6.45) is 0.765. The van der Waals surface area contributed by atoms with E-state index in [9.17, 15) is 9.59 Å². The van der Waals surface area contributed by atoms with Crippen LogP contribution in [0.1, 0.15) is 19.4 Å². The highest BCUT2D eigenvalue weighted by Gasteiger charge is 2.19. The van der Waals surface area contributed by atoms with E-state index in [1.165, 1.54) is 10.9 Å². The summed E-state index contributed by atoms with van der Waals surface area (Å²) < 4.78 is 24.1. The number of nitrogens with zero attached hydrogens (tertiary/aromatic N) is 3. The Morgan fingerprint density at radius 1 is 1.10 bits per heavy atom. The maximum atomic E-state index is 13.5. The second kappa shape index (κ2) is 11.1. The van der Waals surface area contributed by atoms with Crippen molar-refractivity contribution in [1.29, 1.82) is 0 Å². The number of esters is 1. The molecule has 2 aromatic heterocycles. The molecule has 5 rings (SSSR count). The number of para-hydroxylation sites is 1. The third-order valence-electron chi connectivity index (χ3n) is 5.92. The Labute approximate surface area is 231 Å². The first-order valence-electron chi connectivity index (χ1n) is 12.2. The van der Waals surface area contributed by atoms with Crippen LogP contribution in [-0.2, 0) is 9.53 Å². The number of carbonyl (C=O) groups excluding carboxylic acids is 1. The van der Waals surface area contributed by atoms with Crippen molar-refractivity contribution in [1.82, 2.24) is 9.66 Å². The van der Waals surface area contributed by atoms with Crippen LogP contribution in [0.15, 0.2) is 85.5 Å². The minimum atomic E-state index is -0.770. The third kappa shape index (κ3) is 5.28. The SMILES string of the molecule is CCOC(=O)[C@@H](C)Oc1ccc(C=Nn2c(-c3cc4c(OC)cccc4o3)nc3ccccc3c2=O)cc1Br. The van der Waals surface area contributed by atoms with E-state index in [-0.39, 0.29) is 18.0 Å². The van der Waals surface area contributed by atoms with Gasteiger partial charge in [-0.05, 0) is 83.9 Å². The Morgan fingerprint density at radius 2 is 1.92 bits per heavy atom. The smallest absolute Gasteiger partial charge is 0.347 e. The van der Waals surface area contributed by atoms with Crippen LogP contribution in [0.5, 0.6) is 11.5 Å². The lowest BCUT2D eigenvalue weighted by molar-refractivity contribution is -0.150. The van der Waals surface area contributed by atoms with Crippen molar-refractivity contribution in [2.24, 2.45) is 5.10 Å². The average Bonchev–Trinajstić information content (AvgIpc) is 3.38. The highest BCUT2D eigenvalue weighted by atomic mass is 79.9. The molecule has 198 valence electrons. The van der Waals surface area contributed by atoms with Crippen molar-refractivity contribution in [2.45, 2.75) is 20.0 Å². The van der Waals surface area contributed by atoms with Crippen molar-refractivity contribution < 1.29 is 23.4 Å². The molecule has 0 amide bonds. The molecule has 0 spiro atoms. The molecule has 0 saturated heterocycles. The molecule has 5 aromatic rings. The number of ether oxygens (including phenoxy) is 3. The topological polar surface area (TPSA) is 105 Å². The number of halogens is 1. The van der Waals surface area contributed by atoms with Gasteiger partial charge in [0, 0.05) is 0 Å². The number of methoxy groups -OCH3 is 1. The van der Waals surface area contributed by atoms with E-state index < -0.39 is 12.1 Å². The Hall–Kier alpha value is -4.44. The molecule has 2 heterocycles. The largest absolute Gasteiger partial charge is 0.496 e. The van der Waals surface area contributed by atoms with Gasteiger partial charge in [0.25, 0.3) is 5.56 Å². The van der Waals surface area contributed by atoms with Gasteiger partial charge >= 0.3 is 5.97 Å². The molecule has 0 bridgehead atoms. The first-order chi connectivity index (χ1) is 18.9. The van der Waals surface area contributed by atoms with E-state index >= 15 is 0 Å². The normalized spacial score (nSPS) is 12.2. The van der Waals surface area contributed by atoms with E-state index in [0.717, 1.165) is 5.39 Å². The lowest BCUT2D eigenvalue weighted by Gasteiger charge is -2.14. The number of fused-ring (bicyclic) bond motifs is 2. The third-order valence-corrected chi connectivity index (χ3v) is 6.54. The first kappa shape index (κ1) is 26.2. The van der Waals surface area contributed by atoms with Crippen LogP contribution in [0.4, 0.5) is 0 Å². The number of hydrogen-bond donors (Lipinski definition) is 0. The molecule has 0 aliphatic heterocycles. The van der Waals surface area contributed by atoms with E-state index in [1.807, 2.05) is 24.3 Å². The minimum Gasteiger partial charge on any atom is -0.496 e. The van der Waals surface area contributed by atoms with Gasteiger partial charge < -0.3 is 18.6 Å². The standard InChI is InChI=1S/C29H24BrN3O6/c1-4-37-29(35)17(2)38-25-13-12-18(14-21(25)30)16-31-33-27(32-22-9-6-5-8-19(22)28(33)34)26-15-20-23(36-3)10-7-11-24(20)39-26/h5-17H,4H2,1-3H3/t17-/m1/s1. The predicted octanol–water partition coefficient (Wildman–Crippen LogP) is 5.79. The first-order valence-corrected chi connectivity index (χ1v) is 12.9. The van der Waals surface area contributed by atoms with Crippen molar-refractivity contribution in [2.75, 3.05) is 13.7 Å². The molecule has 0 aliphatic rings. The van der Waals surface area contributed by atoms with Gasteiger partial charge in [-0.1, -0.05) is 18.2 Å². The zero-order valence-corrected chi connectivity index (χ0v) is 23.0. The molecule has 0 N–H and O–H groups in total. The average molecular weight is 590 g/mol. The number of aromatic nitrogens is 2. The van der Waals surface area contributed by atoms with Crippen molar-refractivity contribution >= 4 is 50.0 Å². The van der Waals surface area contributed by atoms with Crippen LogP contribution >= 0.6 is 15.9 Å². The molecular formula is C29H24BrN3O6. The molecule has 9 nitrogen and oxygen atoms in total. The Bertz CT molecular complexity index is 1770. The molecule has 10 heteroatoms. The van der Waals surface area contributed by atoms with Crippen molar-refractivity contribution in [3.05, 3.63) is 87.1 Å². The van der Waals surface area contributed by atoms with E-state index in [2.05, 4.69) is 21.0 Å². The van der Waals surface area contributed by atoms with Crippen molar-refractivity contribution in [3.8, 4) is 23.1 Å².